The Kier molecular flexibility index (Phi) is 4.69. The monoisotopic (exact) mass is 248 g/mol. The molecule has 0 saturated heterocycles. The van der Waals surface area contributed by atoms with Crippen LogP contribution >= 0.6 is 0 Å². The van der Waals surface area contributed by atoms with E-state index < -0.39 is 17.9 Å². The molecule has 0 aliphatic carbocycles. The van der Waals surface area contributed by atoms with Crippen molar-refractivity contribution < 1.29 is 19.4 Å². The zero-order chi connectivity index (χ0) is 13.5. The second kappa shape index (κ2) is 6.25. The lowest BCUT2D eigenvalue weighted by molar-refractivity contribution is -0.139. The van der Waals surface area contributed by atoms with E-state index in [-0.39, 0.29) is 17.9 Å². The topological polar surface area (TPSA) is 88.5 Å². The number of amides is 1. The number of terminal acetylenes is 1. The number of carboxylic acid groups (broad SMARTS) is 1. The van der Waals surface area contributed by atoms with Crippen LogP contribution in [0.2, 0.25) is 0 Å². The van der Waals surface area contributed by atoms with E-state index in [0.717, 1.165) is 0 Å². The number of carbonyl (C=O) groups is 2. The van der Waals surface area contributed by atoms with Crippen molar-refractivity contribution in [1.29, 1.82) is 0 Å². The molecular weight excluding hydrogens is 236 g/mol. The number of rotatable bonds is 5. The van der Waals surface area contributed by atoms with E-state index in [4.69, 9.17) is 16.3 Å². The molecule has 1 amide bonds. The van der Waals surface area contributed by atoms with Gasteiger partial charge in [-0.05, 0) is 12.1 Å². The fraction of sp³-hybridized carbons (Fsp3) is 0.250. The zero-order valence-electron chi connectivity index (χ0n) is 9.71. The Bertz CT molecular complexity index is 493. The van der Waals surface area contributed by atoms with Crippen molar-refractivity contribution in [2.75, 3.05) is 7.11 Å². The van der Waals surface area contributed by atoms with Crippen molar-refractivity contribution in [3.8, 4) is 18.2 Å². The van der Waals surface area contributed by atoms with Crippen molar-refractivity contribution in [3.05, 3.63) is 23.9 Å². The van der Waals surface area contributed by atoms with Crippen molar-refractivity contribution in [2.45, 2.75) is 12.5 Å². The Balaban J connectivity index is 2.87. The van der Waals surface area contributed by atoms with Gasteiger partial charge in [0, 0.05) is 12.6 Å². The summed E-state index contributed by atoms with van der Waals surface area (Å²) in [5.74, 6) is 0.532. The van der Waals surface area contributed by atoms with E-state index in [0.29, 0.717) is 0 Å². The summed E-state index contributed by atoms with van der Waals surface area (Å²) in [7, 11) is 1.37. The quantitative estimate of drug-likeness (QED) is 0.731. The van der Waals surface area contributed by atoms with Gasteiger partial charge in [0.1, 0.15) is 11.6 Å². The van der Waals surface area contributed by atoms with Gasteiger partial charge < -0.3 is 15.2 Å². The Morgan fingerprint density at radius 1 is 1.67 bits per heavy atom. The lowest BCUT2D eigenvalue weighted by Gasteiger charge is -2.12. The molecule has 0 aromatic carbocycles. The van der Waals surface area contributed by atoms with Crippen LogP contribution in [0.4, 0.5) is 0 Å². The first-order chi connectivity index (χ1) is 8.60. The van der Waals surface area contributed by atoms with Gasteiger partial charge in [0.2, 0.25) is 5.88 Å². The first kappa shape index (κ1) is 13.5. The fourth-order valence-electron chi connectivity index (χ4n) is 1.28. The van der Waals surface area contributed by atoms with Crippen molar-refractivity contribution in [1.82, 2.24) is 10.3 Å². The van der Waals surface area contributed by atoms with Crippen LogP contribution in [0, 0.1) is 12.3 Å². The summed E-state index contributed by atoms with van der Waals surface area (Å²) in [6.07, 6.45) is 6.41. The Hall–Kier alpha value is -2.55. The lowest BCUT2D eigenvalue weighted by atomic mass is 10.2. The Morgan fingerprint density at radius 2 is 2.39 bits per heavy atom. The molecule has 0 aliphatic rings. The van der Waals surface area contributed by atoms with Gasteiger partial charge in [0.15, 0.2) is 0 Å². The van der Waals surface area contributed by atoms with Crippen molar-refractivity contribution in [2.24, 2.45) is 0 Å². The number of aliphatic carboxylic acids is 1. The minimum atomic E-state index is -1.19. The predicted octanol–water partition coefficient (Wildman–Crippen LogP) is 0.296. The molecule has 1 atom stereocenters. The minimum absolute atomic E-state index is 0.0936. The second-order valence-electron chi connectivity index (χ2n) is 3.33. The van der Waals surface area contributed by atoms with Crippen molar-refractivity contribution >= 4 is 11.9 Å². The van der Waals surface area contributed by atoms with Gasteiger partial charge in [-0.3, -0.25) is 4.79 Å². The number of carboxylic acids is 1. The normalized spacial score (nSPS) is 11.1. The summed E-state index contributed by atoms with van der Waals surface area (Å²) < 4.78 is 4.91. The van der Waals surface area contributed by atoms with E-state index in [2.05, 4.69) is 16.2 Å². The van der Waals surface area contributed by atoms with Crippen LogP contribution in [-0.2, 0) is 4.79 Å². The van der Waals surface area contributed by atoms with Crippen LogP contribution in [0.25, 0.3) is 0 Å². The molecular formula is C12H12N2O4. The third-order valence-electron chi connectivity index (χ3n) is 2.13. The van der Waals surface area contributed by atoms with Crippen molar-refractivity contribution in [3.63, 3.8) is 0 Å². The molecule has 0 spiro atoms. The van der Waals surface area contributed by atoms with Gasteiger partial charge in [-0.1, -0.05) is 0 Å². The highest BCUT2D eigenvalue weighted by molar-refractivity contribution is 5.98. The molecule has 2 N–H and O–H groups in total. The van der Waals surface area contributed by atoms with Crippen LogP contribution in [-0.4, -0.2) is 35.1 Å². The molecule has 1 heterocycles. The van der Waals surface area contributed by atoms with E-state index in [1.165, 1.54) is 19.4 Å². The molecule has 0 aliphatic heterocycles. The SMILES string of the molecule is C#CCC(NC(=O)c1cccnc1OC)C(=O)O. The maximum absolute atomic E-state index is 11.9. The highest BCUT2D eigenvalue weighted by Gasteiger charge is 2.21. The van der Waals surface area contributed by atoms with Gasteiger partial charge in [-0.15, -0.1) is 12.3 Å². The van der Waals surface area contributed by atoms with E-state index in [1.54, 1.807) is 6.07 Å². The fourth-order valence-corrected chi connectivity index (χ4v) is 1.28. The number of nitrogens with zero attached hydrogens (tertiary/aromatic N) is 1. The number of nitrogens with one attached hydrogen (secondary N) is 1. The summed E-state index contributed by atoms with van der Waals surface area (Å²) in [6, 6.07) is 1.90. The van der Waals surface area contributed by atoms with Crippen LogP contribution in [0.1, 0.15) is 16.8 Å². The summed E-state index contributed by atoms with van der Waals surface area (Å²) in [5, 5.41) is 11.2. The standard InChI is InChI=1S/C12H12N2O4/c1-3-5-9(12(16)17)14-10(15)8-6-4-7-13-11(8)18-2/h1,4,6-7,9H,5H2,2H3,(H,14,15)(H,16,17). The van der Waals surface area contributed by atoms with Gasteiger partial charge in [-0.2, -0.15) is 0 Å². The molecule has 0 saturated carbocycles. The minimum Gasteiger partial charge on any atom is -0.480 e. The number of hydrogen-bond acceptors (Lipinski definition) is 4. The summed E-state index contributed by atoms with van der Waals surface area (Å²) >= 11 is 0. The largest absolute Gasteiger partial charge is 0.480 e. The predicted molar refractivity (Wildman–Crippen MR) is 63.1 cm³/mol. The number of ether oxygens (including phenoxy) is 1. The highest BCUT2D eigenvalue weighted by Crippen LogP contribution is 2.13. The zero-order valence-corrected chi connectivity index (χ0v) is 9.71. The van der Waals surface area contributed by atoms with E-state index in [9.17, 15) is 9.59 Å². The Morgan fingerprint density at radius 3 is 2.94 bits per heavy atom. The number of hydrogen-bond donors (Lipinski definition) is 2. The smallest absolute Gasteiger partial charge is 0.327 e. The molecule has 18 heavy (non-hydrogen) atoms. The molecule has 94 valence electrons. The highest BCUT2D eigenvalue weighted by atomic mass is 16.5. The molecule has 0 radical (unpaired) electrons. The second-order valence-corrected chi connectivity index (χ2v) is 3.33. The van der Waals surface area contributed by atoms with Gasteiger partial charge in [0.25, 0.3) is 5.91 Å². The first-order valence-corrected chi connectivity index (χ1v) is 5.06. The first-order valence-electron chi connectivity index (χ1n) is 5.06. The summed E-state index contributed by atoms with van der Waals surface area (Å²) in [4.78, 5) is 26.6. The van der Waals surface area contributed by atoms with Crippen LogP contribution in [0.15, 0.2) is 18.3 Å². The van der Waals surface area contributed by atoms with Gasteiger partial charge in [-0.25, -0.2) is 9.78 Å². The van der Waals surface area contributed by atoms with Crippen LogP contribution in [0.3, 0.4) is 0 Å². The van der Waals surface area contributed by atoms with Crippen LogP contribution < -0.4 is 10.1 Å². The maximum Gasteiger partial charge on any atom is 0.327 e. The molecule has 1 aromatic rings. The molecule has 6 nitrogen and oxygen atoms in total. The van der Waals surface area contributed by atoms with Gasteiger partial charge >= 0.3 is 5.97 Å². The van der Waals surface area contributed by atoms with Crippen LogP contribution in [0.5, 0.6) is 5.88 Å². The van der Waals surface area contributed by atoms with E-state index >= 15 is 0 Å². The average Bonchev–Trinajstić information content (AvgIpc) is 2.37. The molecule has 0 fully saturated rings. The number of pyridine rings is 1. The van der Waals surface area contributed by atoms with Gasteiger partial charge in [0.05, 0.1) is 7.11 Å². The third kappa shape index (κ3) is 3.22. The third-order valence-corrected chi connectivity index (χ3v) is 2.13. The number of methoxy groups -OCH3 is 1. The number of carbonyl (C=O) groups excluding carboxylic acids is 1. The summed E-state index contributed by atoms with van der Waals surface area (Å²) in [5.41, 5.74) is 0.156. The molecule has 0 bridgehead atoms. The lowest BCUT2D eigenvalue weighted by Crippen LogP contribution is -2.40. The average molecular weight is 248 g/mol. The molecule has 6 heteroatoms. The molecule has 1 unspecified atom stereocenters. The Labute approximate surface area is 104 Å². The number of aromatic nitrogens is 1. The molecule has 1 rings (SSSR count). The summed E-state index contributed by atoms with van der Waals surface area (Å²) in [6.45, 7) is 0. The van der Waals surface area contributed by atoms with E-state index in [1.807, 2.05) is 0 Å². The maximum atomic E-state index is 11.9. The molecule has 1 aromatic heterocycles.